The first kappa shape index (κ1) is 21.5. The Kier molecular flexibility index (Phi) is 6.41. The predicted molar refractivity (Wildman–Crippen MR) is 120 cm³/mol. The molecule has 31 heavy (non-hydrogen) atoms. The van der Waals surface area contributed by atoms with E-state index in [2.05, 4.69) is 15.2 Å². The Morgan fingerprint density at radius 3 is 2.61 bits per heavy atom. The normalized spacial score (nSPS) is 14.8. The number of morpholine rings is 1. The van der Waals surface area contributed by atoms with Crippen LogP contribution in [0.2, 0.25) is 5.02 Å². The van der Waals surface area contributed by atoms with Gasteiger partial charge in [0.05, 0.1) is 18.6 Å². The Hall–Kier alpha value is -2.68. The summed E-state index contributed by atoms with van der Waals surface area (Å²) in [5, 5.41) is 4.06. The Labute approximate surface area is 185 Å². The molecule has 1 amide bonds. The highest BCUT2D eigenvalue weighted by atomic mass is 35.5. The summed E-state index contributed by atoms with van der Waals surface area (Å²) < 4.78 is 8.63. The van der Waals surface area contributed by atoms with Crippen LogP contribution in [-0.2, 0) is 16.1 Å². The smallest absolute Gasteiger partial charge is 0.263 e. The van der Waals surface area contributed by atoms with Crippen molar-refractivity contribution in [2.75, 3.05) is 39.4 Å². The van der Waals surface area contributed by atoms with Gasteiger partial charge in [0, 0.05) is 42.6 Å². The van der Waals surface area contributed by atoms with Crippen molar-refractivity contribution in [2.45, 2.75) is 20.4 Å². The second-order valence-corrected chi connectivity index (χ2v) is 8.14. The zero-order valence-electron chi connectivity index (χ0n) is 17.7. The van der Waals surface area contributed by atoms with E-state index in [1.54, 1.807) is 12.1 Å². The second kappa shape index (κ2) is 9.21. The minimum absolute atomic E-state index is 0.0600. The van der Waals surface area contributed by atoms with E-state index >= 15 is 0 Å². The molecule has 1 fully saturated rings. The molecule has 0 spiro atoms. The third kappa shape index (κ3) is 4.51. The molecule has 3 aromatic rings. The van der Waals surface area contributed by atoms with Crippen molar-refractivity contribution in [2.24, 2.45) is 0 Å². The maximum atomic E-state index is 13.1. The lowest BCUT2D eigenvalue weighted by atomic mass is 10.2. The van der Waals surface area contributed by atoms with Crippen LogP contribution in [0.25, 0.3) is 16.7 Å². The van der Waals surface area contributed by atoms with Crippen LogP contribution in [0.1, 0.15) is 11.3 Å². The minimum Gasteiger partial charge on any atom is -0.379 e. The molecule has 3 heterocycles. The molecule has 8 nitrogen and oxygen atoms in total. The van der Waals surface area contributed by atoms with Gasteiger partial charge in [-0.25, -0.2) is 4.98 Å². The van der Waals surface area contributed by atoms with Crippen LogP contribution in [0.15, 0.2) is 35.4 Å². The maximum absolute atomic E-state index is 13.1. The SMILES string of the molecule is Cc1c(C)n(-c2ccc(Cl)cc2)c2ncn(CC(=O)NCCN3CCOCC3)c(=O)c12. The van der Waals surface area contributed by atoms with E-state index < -0.39 is 0 Å². The van der Waals surface area contributed by atoms with Crippen LogP contribution in [0.5, 0.6) is 0 Å². The Morgan fingerprint density at radius 1 is 1.19 bits per heavy atom. The van der Waals surface area contributed by atoms with Gasteiger partial charge in [0.15, 0.2) is 5.65 Å². The molecule has 4 rings (SSSR count). The van der Waals surface area contributed by atoms with Gasteiger partial charge >= 0.3 is 0 Å². The second-order valence-electron chi connectivity index (χ2n) is 7.70. The van der Waals surface area contributed by atoms with E-state index in [1.807, 2.05) is 30.5 Å². The van der Waals surface area contributed by atoms with Gasteiger partial charge in [-0.2, -0.15) is 0 Å². The number of carbonyl (C=O) groups excluding carboxylic acids is 1. The fourth-order valence-corrected chi connectivity index (χ4v) is 4.02. The predicted octanol–water partition coefficient (Wildman–Crippen LogP) is 1.91. The summed E-state index contributed by atoms with van der Waals surface area (Å²) in [5.41, 5.74) is 3.01. The molecule has 0 atom stereocenters. The Morgan fingerprint density at radius 2 is 1.90 bits per heavy atom. The topological polar surface area (TPSA) is 81.4 Å². The van der Waals surface area contributed by atoms with Crippen LogP contribution in [0.3, 0.4) is 0 Å². The maximum Gasteiger partial charge on any atom is 0.263 e. The van der Waals surface area contributed by atoms with Crippen molar-refractivity contribution in [1.29, 1.82) is 0 Å². The van der Waals surface area contributed by atoms with Gasteiger partial charge < -0.3 is 10.1 Å². The number of nitrogens with zero attached hydrogens (tertiary/aromatic N) is 4. The number of benzene rings is 1. The fraction of sp³-hybridized carbons (Fsp3) is 0.409. The Balaban J connectivity index is 1.52. The van der Waals surface area contributed by atoms with Crippen LogP contribution < -0.4 is 10.9 Å². The number of hydrogen-bond acceptors (Lipinski definition) is 5. The van der Waals surface area contributed by atoms with E-state index in [0.717, 1.165) is 49.8 Å². The lowest BCUT2D eigenvalue weighted by molar-refractivity contribution is -0.121. The Bertz CT molecular complexity index is 1150. The number of hydrogen-bond donors (Lipinski definition) is 1. The molecule has 1 aliphatic rings. The van der Waals surface area contributed by atoms with Gasteiger partial charge in [-0.1, -0.05) is 11.6 Å². The van der Waals surface area contributed by atoms with Gasteiger partial charge in [-0.15, -0.1) is 0 Å². The zero-order valence-corrected chi connectivity index (χ0v) is 18.5. The number of carbonyl (C=O) groups is 1. The molecule has 1 aromatic carbocycles. The lowest BCUT2D eigenvalue weighted by Crippen LogP contribution is -2.42. The third-order valence-corrected chi connectivity index (χ3v) is 5.99. The molecule has 0 aliphatic carbocycles. The number of ether oxygens (including phenoxy) is 1. The zero-order chi connectivity index (χ0) is 22.0. The van der Waals surface area contributed by atoms with Gasteiger partial charge in [0.1, 0.15) is 12.9 Å². The first-order valence-corrected chi connectivity index (χ1v) is 10.7. The minimum atomic E-state index is -0.221. The van der Waals surface area contributed by atoms with Crippen molar-refractivity contribution in [3.05, 3.63) is 57.2 Å². The van der Waals surface area contributed by atoms with E-state index in [4.69, 9.17) is 16.3 Å². The molecule has 0 unspecified atom stereocenters. The van der Waals surface area contributed by atoms with Crippen molar-refractivity contribution < 1.29 is 9.53 Å². The van der Waals surface area contributed by atoms with Gasteiger partial charge in [-0.05, 0) is 43.7 Å². The van der Waals surface area contributed by atoms with E-state index in [0.29, 0.717) is 22.6 Å². The lowest BCUT2D eigenvalue weighted by Gasteiger charge is -2.26. The van der Waals surface area contributed by atoms with Crippen molar-refractivity contribution in [1.82, 2.24) is 24.3 Å². The summed E-state index contributed by atoms with van der Waals surface area (Å²) in [6.45, 7) is 8.30. The third-order valence-electron chi connectivity index (χ3n) is 5.74. The average molecular weight is 444 g/mol. The summed E-state index contributed by atoms with van der Waals surface area (Å²) >= 11 is 6.01. The number of amides is 1. The summed E-state index contributed by atoms with van der Waals surface area (Å²) in [6, 6.07) is 7.40. The van der Waals surface area contributed by atoms with Crippen LogP contribution in [-0.4, -0.2) is 64.3 Å². The molecule has 0 bridgehead atoms. The largest absolute Gasteiger partial charge is 0.379 e. The first-order valence-electron chi connectivity index (χ1n) is 10.4. The summed E-state index contributed by atoms with van der Waals surface area (Å²) in [6.07, 6.45) is 1.44. The fourth-order valence-electron chi connectivity index (χ4n) is 3.89. The molecule has 164 valence electrons. The van der Waals surface area contributed by atoms with E-state index in [9.17, 15) is 9.59 Å². The standard InChI is InChI=1S/C22H26ClN5O3/c1-15-16(2)28(18-5-3-17(23)4-6-18)21-20(15)22(30)27(14-25-21)13-19(29)24-7-8-26-9-11-31-12-10-26/h3-6,14H,7-13H2,1-2H3,(H,24,29). The molecule has 2 aromatic heterocycles. The summed E-state index contributed by atoms with van der Waals surface area (Å²) in [5.74, 6) is -0.206. The first-order chi connectivity index (χ1) is 15.0. The highest BCUT2D eigenvalue weighted by molar-refractivity contribution is 6.30. The molecule has 0 radical (unpaired) electrons. The number of halogens is 1. The molecule has 1 saturated heterocycles. The van der Waals surface area contributed by atoms with Gasteiger partial charge in [0.25, 0.3) is 5.56 Å². The number of aromatic nitrogens is 3. The summed E-state index contributed by atoms with van der Waals surface area (Å²) in [4.78, 5) is 32.3. The van der Waals surface area contributed by atoms with Gasteiger partial charge in [-0.3, -0.25) is 23.6 Å². The molecular weight excluding hydrogens is 418 g/mol. The molecule has 1 aliphatic heterocycles. The van der Waals surface area contributed by atoms with Crippen LogP contribution in [0, 0.1) is 13.8 Å². The number of rotatable bonds is 6. The van der Waals surface area contributed by atoms with Gasteiger partial charge in [0.2, 0.25) is 5.91 Å². The monoisotopic (exact) mass is 443 g/mol. The van der Waals surface area contributed by atoms with E-state index in [-0.39, 0.29) is 18.0 Å². The van der Waals surface area contributed by atoms with Crippen LogP contribution >= 0.6 is 11.6 Å². The quantitative estimate of drug-likeness (QED) is 0.629. The van der Waals surface area contributed by atoms with E-state index in [1.165, 1.54) is 10.9 Å². The van der Waals surface area contributed by atoms with Crippen molar-refractivity contribution in [3.63, 3.8) is 0 Å². The number of nitrogens with one attached hydrogen (secondary N) is 1. The molecule has 1 N–H and O–H groups in total. The number of fused-ring (bicyclic) bond motifs is 1. The molecular formula is C22H26ClN5O3. The van der Waals surface area contributed by atoms with Crippen molar-refractivity contribution in [3.8, 4) is 5.69 Å². The average Bonchev–Trinajstić information content (AvgIpc) is 3.02. The van der Waals surface area contributed by atoms with Crippen molar-refractivity contribution >= 4 is 28.5 Å². The number of aryl methyl sites for hydroxylation is 1. The highest BCUT2D eigenvalue weighted by Crippen LogP contribution is 2.25. The molecule has 9 heteroatoms. The molecule has 0 saturated carbocycles. The summed E-state index contributed by atoms with van der Waals surface area (Å²) in [7, 11) is 0. The highest BCUT2D eigenvalue weighted by Gasteiger charge is 2.19. The van der Waals surface area contributed by atoms with Crippen LogP contribution in [0.4, 0.5) is 0 Å².